The van der Waals surface area contributed by atoms with Crippen LogP contribution in [0.5, 0.6) is 0 Å². The number of nitrogens with zero attached hydrogens (tertiary/aromatic N) is 4. The molecule has 33 heavy (non-hydrogen) atoms. The van der Waals surface area contributed by atoms with Crippen molar-refractivity contribution in [1.29, 1.82) is 0 Å². The van der Waals surface area contributed by atoms with Crippen LogP contribution in [-0.4, -0.2) is 43.6 Å². The van der Waals surface area contributed by atoms with Crippen LogP contribution in [0.25, 0.3) is 33.4 Å². The molecule has 4 aromatic rings. The summed E-state index contributed by atoms with van der Waals surface area (Å²) in [6.07, 6.45) is 4.85. The lowest BCUT2D eigenvalue weighted by Gasteiger charge is -2.16. The molecule has 2 aromatic heterocycles. The van der Waals surface area contributed by atoms with Crippen LogP contribution in [0, 0.1) is 11.8 Å². The van der Waals surface area contributed by atoms with Gasteiger partial charge in [0, 0.05) is 48.3 Å². The largest absolute Gasteiger partial charge is 0.343 e. The smallest absolute Gasteiger partial charge is 0.342 e. The van der Waals surface area contributed by atoms with E-state index in [4.69, 9.17) is 0 Å². The van der Waals surface area contributed by atoms with Crippen LogP contribution < -0.4 is 5.69 Å². The van der Waals surface area contributed by atoms with E-state index < -0.39 is 0 Å². The van der Waals surface area contributed by atoms with Gasteiger partial charge >= 0.3 is 5.69 Å². The number of pyridine rings is 1. The van der Waals surface area contributed by atoms with E-state index in [1.54, 1.807) is 4.57 Å². The number of benzene rings is 2. The SMILES string of the molecule is O=C(C1CC1)N1CC[C@@H](Cn2c(-c3ccc(-c4cnc5ccccc5c4)cc3)n[nH]c2=O)C1. The Labute approximate surface area is 191 Å². The zero-order chi connectivity index (χ0) is 22.4. The van der Waals surface area contributed by atoms with E-state index in [-0.39, 0.29) is 23.4 Å². The highest BCUT2D eigenvalue weighted by Crippen LogP contribution is 2.33. The molecule has 6 rings (SSSR count). The summed E-state index contributed by atoms with van der Waals surface area (Å²) in [5.74, 6) is 1.43. The zero-order valence-corrected chi connectivity index (χ0v) is 18.3. The third-order valence-electron chi connectivity index (χ3n) is 6.79. The van der Waals surface area contributed by atoms with Crippen molar-refractivity contribution in [3.05, 3.63) is 71.3 Å². The molecule has 0 radical (unpaired) electrons. The Morgan fingerprint density at radius 2 is 1.79 bits per heavy atom. The number of nitrogens with one attached hydrogen (secondary N) is 1. The molecule has 7 heteroatoms. The third-order valence-corrected chi connectivity index (χ3v) is 6.79. The third kappa shape index (κ3) is 3.84. The van der Waals surface area contributed by atoms with Gasteiger partial charge in [-0.1, -0.05) is 42.5 Å². The highest BCUT2D eigenvalue weighted by atomic mass is 16.2. The van der Waals surface area contributed by atoms with Gasteiger partial charge < -0.3 is 4.90 Å². The van der Waals surface area contributed by atoms with Crippen LogP contribution in [-0.2, 0) is 11.3 Å². The molecule has 0 unspecified atom stereocenters. The van der Waals surface area contributed by atoms with E-state index >= 15 is 0 Å². The predicted octanol–water partition coefficient (Wildman–Crippen LogP) is 3.71. The van der Waals surface area contributed by atoms with Gasteiger partial charge in [0.2, 0.25) is 5.91 Å². The number of amides is 1. The number of fused-ring (bicyclic) bond motifs is 1. The van der Waals surface area contributed by atoms with E-state index in [9.17, 15) is 9.59 Å². The minimum atomic E-state index is -0.209. The summed E-state index contributed by atoms with van der Waals surface area (Å²) in [5.41, 5.74) is 3.76. The molecule has 1 saturated heterocycles. The maximum atomic E-state index is 12.5. The zero-order valence-electron chi connectivity index (χ0n) is 18.3. The predicted molar refractivity (Wildman–Crippen MR) is 126 cm³/mol. The summed E-state index contributed by atoms with van der Waals surface area (Å²) in [7, 11) is 0. The van der Waals surface area contributed by atoms with Crippen molar-refractivity contribution >= 4 is 16.8 Å². The quantitative estimate of drug-likeness (QED) is 0.514. The van der Waals surface area contributed by atoms with Crippen molar-refractivity contribution in [3.63, 3.8) is 0 Å². The van der Waals surface area contributed by atoms with Gasteiger partial charge in [0.05, 0.1) is 5.52 Å². The van der Waals surface area contributed by atoms with E-state index in [0.717, 1.165) is 59.9 Å². The minimum Gasteiger partial charge on any atom is -0.342 e. The molecule has 1 amide bonds. The maximum Gasteiger partial charge on any atom is 0.343 e. The molecular formula is C26H25N5O2. The fourth-order valence-electron chi connectivity index (χ4n) is 4.78. The van der Waals surface area contributed by atoms with Crippen molar-refractivity contribution < 1.29 is 4.79 Å². The molecule has 2 aliphatic rings. The summed E-state index contributed by atoms with van der Waals surface area (Å²) in [6, 6.07) is 18.3. The second-order valence-corrected chi connectivity index (χ2v) is 9.17. The van der Waals surface area contributed by atoms with Crippen molar-refractivity contribution in [2.75, 3.05) is 13.1 Å². The second kappa shape index (κ2) is 7.99. The Morgan fingerprint density at radius 3 is 2.61 bits per heavy atom. The summed E-state index contributed by atoms with van der Waals surface area (Å²) in [6.45, 7) is 2.08. The van der Waals surface area contributed by atoms with Crippen LogP contribution in [0.2, 0.25) is 0 Å². The van der Waals surface area contributed by atoms with Gasteiger partial charge in [-0.05, 0) is 42.9 Å². The summed E-state index contributed by atoms with van der Waals surface area (Å²) in [4.78, 5) is 31.4. The van der Waals surface area contributed by atoms with E-state index in [1.165, 1.54) is 0 Å². The average molecular weight is 440 g/mol. The number of hydrogen-bond donors (Lipinski definition) is 1. The Kier molecular flexibility index (Phi) is 4.82. The Morgan fingerprint density at radius 1 is 1.00 bits per heavy atom. The Bertz CT molecular complexity index is 1380. The number of aromatic nitrogens is 4. The van der Waals surface area contributed by atoms with Gasteiger partial charge in [-0.3, -0.25) is 14.3 Å². The first-order chi connectivity index (χ1) is 16.2. The molecule has 7 nitrogen and oxygen atoms in total. The fraction of sp³-hybridized carbons (Fsp3) is 0.308. The molecule has 1 aliphatic heterocycles. The topological polar surface area (TPSA) is 83.9 Å². The number of carbonyl (C=O) groups excluding carboxylic acids is 1. The number of para-hydroxylation sites is 1. The highest BCUT2D eigenvalue weighted by molar-refractivity contribution is 5.83. The van der Waals surface area contributed by atoms with Crippen LogP contribution in [0.4, 0.5) is 0 Å². The van der Waals surface area contributed by atoms with Gasteiger partial charge in [-0.25, -0.2) is 9.89 Å². The summed E-state index contributed by atoms with van der Waals surface area (Å²) < 4.78 is 1.71. The Balaban J connectivity index is 1.22. The number of carbonyl (C=O) groups is 1. The molecule has 0 spiro atoms. The standard InChI is InChI=1S/C26H25N5O2/c32-25(20-9-10-20)30-12-11-17(15-30)16-31-24(28-29-26(31)33)19-7-5-18(6-8-19)22-13-21-3-1-2-4-23(21)27-14-22/h1-8,13-14,17,20H,9-12,15-16H2,(H,29,33)/t17-/m1/s1. The summed E-state index contributed by atoms with van der Waals surface area (Å²) >= 11 is 0. The van der Waals surface area contributed by atoms with Gasteiger partial charge in [0.1, 0.15) is 0 Å². The van der Waals surface area contributed by atoms with Crippen molar-refractivity contribution in [2.24, 2.45) is 11.8 Å². The number of H-pyrrole nitrogens is 1. The molecule has 2 aromatic carbocycles. The fourth-order valence-corrected chi connectivity index (χ4v) is 4.78. The van der Waals surface area contributed by atoms with Gasteiger partial charge in [0.15, 0.2) is 5.82 Å². The first-order valence-electron chi connectivity index (χ1n) is 11.6. The maximum absolute atomic E-state index is 12.5. The molecule has 3 heterocycles. The second-order valence-electron chi connectivity index (χ2n) is 9.17. The first kappa shape index (κ1) is 19.9. The van der Waals surface area contributed by atoms with E-state index in [2.05, 4.69) is 27.3 Å². The monoisotopic (exact) mass is 439 g/mol. The first-order valence-corrected chi connectivity index (χ1v) is 11.6. The lowest BCUT2D eigenvalue weighted by molar-refractivity contribution is -0.131. The van der Waals surface area contributed by atoms with Crippen LogP contribution >= 0.6 is 0 Å². The lowest BCUT2D eigenvalue weighted by Crippen LogP contribution is -2.31. The van der Waals surface area contributed by atoms with Crippen molar-refractivity contribution in [1.82, 2.24) is 24.6 Å². The van der Waals surface area contributed by atoms with Crippen molar-refractivity contribution in [2.45, 2.75) is 25.8 Å². The molecule has 166 valence electrons. The molecule has 1 aliphatic carbocycles. The van der Waals surface area contributed by atoms with E-state index in [1.807, 2.05) is 53.6 Å². The average Bonchev–Trinajstić information content (AvgIpc) is 3.50. The molecule has 1 saturated carbocycles. The van der Waals surface area contributed by atoms with E-state index in [0.29, 0.717) is 12.4 Å². The van der Waals surface area contributed by atoms with Gasteiger partial charge in [-0.15, -0.1) is 0 Å². The lowest BCUT2D eigenvalue weighted by atomic mass is 10.0. The number of aromatic amines is 1. The van der Waals surface area contributed by atoms with Crippen LogP contribution in [0.1, 0.15) is 19.3 Å². The number of likely N-dealkylation sites (tertiary alicyclic amines) is 1. The number of rotatable bonds is 5. The molecule has 2 fully saturated rings. The highest BCUT2D eigenvalue weighted by Gasteiger charge is 2.36. The Hall–Kier alpha value is -3.74. The molecule has 0 bridgehead atoms. The normalized spacial score (nSPS) is 18.2. The number of hydrogen-bond acceptors (Lipinski definition) is 4. The van der Waals surface area contributed by atoms with Crippen LogP contribution in [0.15, 0.2) is 65.6 Å². The molecular weight excluding hydrogens is 414 g/mol. The molecule has 1 N–H and O–H groups in total. The van der Waals surface area contributed by atoms with Gasteiger partial charge in [0.25, 0.3) is 0 Å². The van der Waals surface area contributed by atoms with Gasteiger partial charge in [-0.2, -0.15) is 5.10 Å². The van der Waals surface area contributed by atoms with Crippen LogP contribution in [0.3, 0.4) is 0 Å². The summed E-state index contributed by atoms with van der Waals surface area (Å²) in [5, 5.41) is 8.00. The van der Waals surface area contributed by atoms with Crippen molar-refractivity contribution in [3.8, 4) is 22.5 Å². The minimum absolute atomic E-state index is 0.209. The molecule has 1 atom stereocenters.